The van der Waals surface area contributed by atoms with E-state index in [0.29, 0.717) is 19.2 Å². The summed E-state index contributed by atoms with van der Waals surface area (Å²) >= 11 is 5.80. The van der Waals surface area contributed by atoms with Crippen LogP contribution in [-0.4, -0.2) is 40.8 Å². The number of rotatable bonds is 5. The largest absolute Gasteiger partial charge is 0.457 e. The Labute approximate surface area is 105 Å². The van der Waals surface area contributed by atoms with E-state index in [-0.39, 0.29) is 17.4 Å². The van der Waals surface area contributed by atoms with E-state index < -0.39 is 0 Å². The molecule has 0 amide bonds. The lowest BCUT2D eigenvalue weighted by molar-refractivity contribution is 0.134. The molecule has 1 unspecified atom stereocenters. The highest BCUT2D eigenvalue weighted by Crippen LogP contribution is 2.15. The third-order valence-electron chi connectivity index (χ3n) is 2.28. The number of halogens is 1. The van der Waals surface area contributed by atoms with E-state index in [9.17, 15) is 0 Å². The van der Waals surface area contributed by atoms with Crippen LogP contribution in [0.1, 0.15) is 19.8 Å². The van der Waals surface area contributed by atoms with Crippen LogP contribution in [0.25, 0.3) is 0 Å². The van der Waals surface area contributed by atoms with Gasteiger partial charge in [0.1, 0.15) is 6.10 Å². The first-order valence-corrected chi connectivity index (χ1v) is 6.05. The molecule has 0 bridgehead atoms. The van der Waals surface area contributed by atoms with Gasteiger partial charge in [0.25, 0.3) is 0 Å². The Hall–Kier alpha value is -1.14. The number of anilines is 1. The third-order valence-corrected chi connectivity index (χ3v) is 2.45. The second-order valence-electron chi connectivity index (χ2n) is 3.74. The minimum absolute atomic E-state index is 0.00694. The van der Waals surface area contributed by atoms with Gasteiger partial charge < -0.3 is 14.8 Å². The lowest BCUT2D eigenvalue weighted by Crippen LogP contribution is -2.18. The molecule has 1 aliphatic rings. The maximum atomic E-state index is 5.80. The van der Waals surface area contributed by atoms with Gasteiger partial charge in [-0.1, -0.05) is 6.92 Å². The summed E-state index contributed by atoms with van der Waals surface area (Å²) in [6, 6.07) is 0.249. The molecule has 0 aromatic carbocycles. The second kappa shape index (κ2) is 5.97. The Morgan fingerprint density at radius 3 is 3.06 bits per heavy atom. The first kappa shape index (κ1) is 12.3. The number of hydrogen-bond donors (Lipinski definition) is 1. The molecule has 1 atom stereocenters. The monoisotopic (exact) mass is 258 g/mol. The van der Waals surface area contributed by atoms with Crippen molar-refractivity contribution in [1.82, 2.24) is 15.0 Å². The Bertz CT molecular complexity index is 371. The van der Waals surface area contributed by atoms with Gasteiger partial charge in [0.15, 0.2) is 0 Å². The third kappa shape index (κ3) is 3.67. The molecule has 1 aromatic heterocycles. The zero-order chi connectivity index (χ0) is 12.1. The molecule has 0 saturated carbocycles. The number of ether oxygens (including phenoxy) is 2. The average molecular weight is 259 g/mol. The number of nitrogens with one attached hydrogen (secondary N) is 1. The quantitative estimate of drug-likeness (QED) is 0.864. The summed E-state index contributed by atoms with van der Waals surface area (Å²) in [6.07, 6.45) is 1.84. The highest BCUT2D eigenvalue weighted by atomic mass is 35.5. The molecule has 1 N–H and O–H groups in total. The van der Waals surface area contributed by atoms with Gasteiger partial charge >= 0.3 is 6.01 Å². The first-order valence-electron chi connectivity index (χ1n) is 5.67. The average Bonchev–Trinajstić information content (AvgIpc) is 2.78. The molecule has 2 rings (SSSR count). The number of nitrogens with zero attached hydrogens (tertiary/aromatic N) is 3. The van der Waals surface area contributed by atoms with Gasteiger partial charge in [-0.25, -0.2) is 0 Å². The summed E-state index contributed by atoms with van der Waals surface area (Å²) in [7, 11) is 0. The minimum Gasteiger partial charge on any atom is -0.457 e. The predicted octanol–water partition coefficient (Wildman–Crippen LogP) is 1.51. The summed E-state index contributed by atoms with van der Waals surface area (Å²) < 4.78 is 10.8. The van der Waals surface area contributed by atoms with Crippen molar-refractivity contribution in [3.63, 3.8) is 0 Å². The van der Waals surface area contributed by atoms with Crippen LogP contribution in [-0.2, 0) is 4.74 Å². The molecule has 0 radical (unpaired) electrons. The molecule has 1 fully saturated rings. The van der Waals surface area contributed by atoms with Gasteiger partial charge in [0, 0.05) is 13.0 Å². The van der Waals surface area contributed by atoms with Crippen LogP contribution in [0.2, 0.25) is 5.28 Å². The van der Waals surface area contributed by atoms with E-state index >= 15 is 0 Å². The van der Waals surface area contributed by atoms with Crippen molar-refractivity contribution >= 4 is 17.5 Å². The van der Waals surface area contributed by atoms with Crippen molar-refractivity contribution < 1.29 is 9.47 Å². The van der Waals surface area contributed by atoms with Gasteiger partial charge in [-0.15, -0.1) is 0 Å². The topological polar surface area (TPSA) is 69.2 Å². The Kier molecular flexibility index (Phi) is 4.33. The molecule has 6 nitrogen and oxygen atoms in total. The molecule has 1 aromatic rings. The molecule has 1 saturated heterocycles. The molecular formula is C10H15ClN4O2. The summed E-state index contributed by atoms with van der Waals surface area (Å²) in [6.45, 7) is 4.13. The Morgan fingerprint density at radius 1 is 1.47 bits per heavy atom. The van der Waals surface area contributed by atoms with Crippen molar-refractivity contribution in [3.8, 4) is 6.01 Å². The van der Waals surface area contributed by atoms with Crippen LogP contribution in [0.15, 0.2) is 0 Å². The van der Waals surface area contributed by atoms with Crippen LogP contribution in [0, 0.1) is 0 Å². The van der Waals surface area contributed by atoms with Crippen LogP contribution in [0.4, 0.5) is 5.95 Å². The number of hydrogen-bond acceptors (Lipinski definition) is 6. The van der Waals surface area contributed by atoms with Crippen LogP contribution < -0.4 is 10.1 Å². The van der Waals surface area contributed by atoms with Gasteiger partial charge in [-0.2, -0.15) is 15.0 Å². The normalized spacial score (nSPS) is 19.3. The molecule has 17 heavy (non-hydrogen) atoms. The lowest BCUT2D eigenvalue weighted by atomic mass is 10.3. The fourth-order valence-electron chi connectivity index (χ4n) is 1.46. The van der Waals surface area contributed by atoms with E-state index in [1.165, 1.54) is 0 Å². The van der Waals surface area contributed by atoms with Crippen LogP contribution >= 0.6 is 11.6 Å². The second-order valence-corrected chi connectivity index (χ2v) is 4.08. The highest BCUT2D eigenvalue weighted by molar-refractivity contribution is 6.28. The summed E-state index contributed by atoms with van der Waals surface area (Å²) in [5, 5.41) is 3.17. The highest BCUT2D eigenvalue weighted by Gasteiger charge is 2.19. The fraction of sp³-hybridized carbons (Fsp3) is 0.700. The molecule has 7 heteroatoms. The van der Waals surface area contributed by atoms with Crippen molar-refractivity contribution in [1.29, 1.82) is 0 Å². The fourth-order valence-corrected chi connectivity index (χ4v) is 1.61. The lowest BCUT2D eigenvalue weighted by Gasteiger charge is -2.10. The van der Waals surface area contributed by atoms with E-state index in [1.807, 2.05) is 0 Å². The Balaban J connectivity index is 2.02. The van der Waals surface area contributed by atoms with E-state index in [2.05, 4.69) is 27.2 Å². The SMILES string of the molecule is CCCNc1nc(Cl)nc(OC2CCOC2)n1. The predicted molar refractivity (Wildman–Crippen MR) is 63.5 cm³/mol. The molecule has 0 aliphatic carbocycles. The van der Waals surface area contributed by atoms with E-state index in [0.717, 1.165) is 19.4 Å². The van der Waals surface area contributed by atoms with Crippen LogP contribution in [0.5, 0.6) is 6.01 Å². The summed E-state index contributed by atoms with van der Waals surface area (Å²) in [5.74, 6) is 0.445. The van der Waals surface area contributed by atoms with Crippen LogP contribution in [0.3, 0.4) is 0 Å². The molecule has 0 spiro atoms. The van der Waals surface area contributed by atoms with Crippen molar-refractivity contribution in [2.24, 2.45) is 0 Å². The first-order chi connectivity index (χ1) is 8.28. The van der Waals surface area contributed by atoms with Gasteiger partial charge in [-0.3, -0.25) is 0 Å². The number of aromatic nitrogens is 3. The zero-order valence-corrected chi connectivity index (χ0v) is 10.4. The molecule has 1 aliphatic heterocycles. The Morgan fingerprint density at radius 2 is 2.35 bits per heavy atom. The van der Waals surface area contributed by atoms with Gasteiger partial charge in [0.05, 0.1) is 13.2 Å². The van der Waals surface area contributed by atoms with Crippen molar-refractivity contribution in [3.05, 3.63) is 5.28 Å². The molecule has 2 heterocycles. The molecular weight excluding hydrogens is 244 g/mol. The van der Waals surface area contributed by atoms with Crippen molar-refractivity contribution in [2.45, 2.75) is 25.9 Å². The van der Waals surface area contributed by atoms with Crippen molar-refractivity contribution in [2.75, 3.05) is 25.1 Å². The summed E-state index contributed by atoms with van der Waals surface area (Å²) in [4.78, 5) is 12.0. The standard InChI is InChI=1S/C10H15ClN4O2/c1-2-4-12-9-13-8(11)14-10(15-9)17-7-3-5-16-6-7/h7H,2-6H2,1H3,(H,12,13,14,15). The van der Waals surface area contributed by atoms with E-state index in [4.69, 9.17) is 21.1 Å². The zero-order valence-electron chi connectivity index (χ0n) is 9.65. The van der Waals surface area contributed by atoms with Gasteiger partial charge in [-0.05, 0) is 18.0 Å². The van der Waals surface area contributed by atoms with E-state index in [1.54, 1.807) is 0 Å². The molecule has 94 valence electrons. The maximum Gasteiger partial charge on any atom is 0.322 e. The maximum absolute atomic E-state index is 5.80. The van der Waals surface area contributed by atoms with Gasteiger partial charge in [0.2, 0.25) is 11.2 Å². The minimum atomic E-state index is 0.00694. The summed E-state index contributed by atoms with van der Waals surface area (Å²) in [5.41, 5.74) is 0. The smallest absolute Gasteiger partial charge is 0.322 e.